The summed E-state index contributed by atoms with van der Waals surface area (Å²) in [6, 6.07) is 32.4. The van der Waals surface area contributed by atoms with Crippen molar-refractivity contribution >= 4 is 10.8 Å². The maximum absolute atomic E-state index is 2.32. The molecule has 0 bridgehead atoms. The van der Waals surface area contributed by atoms with Crippen molar-refractivity contribution in [2.75, 3.05) is 0 Å². The molecule has 0 amide bonds. The van der Waals surface area contributed by atoms with E-state index >= 15 is 0 Å². The average molecular weight is 294 g/mol. The van der Waals surface area contributed by atoms with Crippen LogP contribution in [0.2, 0.25) is 0 Å². The van der Waals surface area contributed by atoms with Gasteiger partial charge in [0.2, 0.25) is 0 Å². The fourth-order valence-electron chi connectivity index (χ4n) is 3.32. The second-order valence-electron chi connectivity index (χ2n) is 5.89. The van der Waals surface area contributed by atoms with E-state index in [1.54, 1.807) is 0 Å². The van der Waals surface area contributed by atoms with Crippen LogP contribution < -0.4 is 0 Å². The molecule has 0 unspecified atom stereocenters. The Hall–Kier alpha value is -2.86. The molecule has 0 N–H and O–H groups in total. The first-order valence-electron chi connectivity index (χ1n) is 7.98. The molecule has 0 heteroatoms. The van der Waals surface area contributed by atoms with E-state index < -0.39 is 0 Å². The van der Waals surface area contributed by atoms with Crippen molar-refractivity contribution in [2.24, 2.45) is 0 Å². The highest BCUT2D eigenvalue weighted by molar-refractivity contribution is 6.05. The van der Waals surface area contributed by atoms with Gasteiger partial charge >= 0.3 is 0 Å². The van der Waals surface area contributed by atoms with Gasteiger partial charge in [0, 0.05) is 0 Å². The molecule has 0 aliphatic carbocycles. The summed E-state index contributed by atoms with van der Waals surface area (Å²) in [6.45, 7) is 2.20. The molecule has 0 radical (unpaired) electrons. The summed E-state index contributed by atoms with van der Waals surface area (Å²) in [7, 11) is 0. The van der Waals surface area contributed by atoms with Gasteiger partial charge in [0.15, 0.2) is 0 Å². The largest absolute Gasteiger partial charge is 0.0622 e. The molecule has 0 atom stereocenters. The van der Waals surface area contributed by atoms with Crippen LogP contribution in [0, 0.1) is 6.92 Å². The molecular formula is C23H18. The number of aryl methyl sites for hydroxylation is 1. The van der Waals surface area contributed by atoms with Crippen LogP contribution in [-0.4, -0.2) is 0 Å². The van der Waals surface area contributed by atoms with Gasteiger partial charge in [-0.3, -0.25) is 0 Å². The van der Waals surface area contributed by atoms with Crippen molar-refractivity contribution in [2.45, 2.75) is 6.92 Å². The molecule has 23 heavy (non-hydrogen) atoms. The zero-order chi connectivity index (χ0) is 15.6. The Morgan fingerprint density at radius 3 is 1.70 bits per heavy atom. The third-order valence-corrected chi connectivity index (χ3v) is 4.40. The smallest absolute Gasteiger partial charge is 0.00266 e. The Kier molecular flexibility index (Phi) is 3.44. The van der Waals surface area contributed by atoms with E-state index in [4.69, 9.17) is 0 Å². The highest BCUT2D eigenvalue weighted by Gasteiger charge is 2.13. The first-order chi connectivity index (χ1) is 11.3. The quantitative estimate of drug-likeness (QED) is 0.397. The Balaban J connectivity index is 2.14. The standard InChI is InChI=1S/C23H18/c1-17-16-22(18-10-4-2-5-11-18)23(19-12-6-3-7-13-19)21-15-9-8-14-20(17)21/h2-16H,1H3. The monoisotopic (exact) mass is 294 g/mol. The first-order valence-corrected chi connectivity index (χ1v) is 7.98. The molecule has 0 saturated heterocycles. The maximum atomic E-state index is 2.32. The highest BCUT2D eigenvalue weighted by atomic mass is 14.2. The van der Waals surface area contributed by atoms with Crippen LogP contribution in [0.4, 0.5) is 0 Å². The van der Waals surface area contributed by atoms with Crippen molar-refractivity contribution < 1.29 is 0 Å². The van der Waals surface area contributed by atoms with Crippen LogP contribution >= 0.6 is 0 Å². The number of hydrogen-bond acceptors (Lipinski definition) is 0. The average Bonchev–Trinajstić information content (AvgIpc) is 2.63. The summed E-state index contributed by atoms with van der Waals surface area (Å²) >= 11 is 0. The van der Waals surface area contributed by atoms with Gasteiger partial charge in [0.25, 0.3) is 0 Å². The number of fused-ring (bicyclic) bond motifs is 1. The molecule has 0 heterocycles. The Morgan fingerprint density at radius 2 is 1.04 bits per heavy atom. The fraction of sp³-hybridized carbons (Fsp3) is 0.0435. The van der Waals surface area contributed by atoms with Gasteiger partial charge in [-0.25, -0.2) is 0 Å². The molecular weight excluding hydrogens is 276 g/mol. The SMILES string of the molecule is Cc1cc(-c2ccccc2)c(-c2ccccc2)c2ccccc12. The Bertz CT molecular complexity index is 951. The zero-order valence-corrected chi connectivity index (χ0v) is 13.2. The Morgan fingerprint density at radius 1 is 0.522 bits per heavy atom. The van der Waals surface area contributed by atoms with Crippen LogP contribution in [0.1, 0.15) is 5.56 Å². The minimum Gasteiger partial charge on any atom is -0.0622 e. The fourth-order valence-corrected chi connectivity index (χ4v) is 3.32. The number of benzene rings is 4. The van der Waals surface area contributed by atoms with Gasteiger partial charge in [-0.1, -0.05) is 91.0 Å². The predicted octanol–water partition coefficient (Wildman–Crippen LogP) is 6.48. The van der Waals surface area contributed by atoms with E-state index in [0.717, 1.165) is 0 Å². The molecule has 0 nitrogen and oxygen atoms in total. The van der Waals surface area contributed by atoms with Crippen LogP contribution in [0.15, 0.2) is 91.0 Å². The van der Waals surface area contributed by atoms with E-state index in [2.05, 4.69) is 97.9 Å². The van der Waals surface area contributed by atoms with E-state index in [1.165, 1.54) is 38.6 Å². The summed E-state index contributed by atoms with van der Waals surface area (Å²) in [6.07, 6.45) is 0. The summed E-state index contributed by atoms with van der Waals surface area (Å²) in [5.41, 5.74) is 6.47. The van der Waals surface area contributed by atoms with Gasteiger partial charge in [-0.05, 0) is 45.5 Å². The number of hydrogen-bond donors (Lipinski definition) is 0. The van der Waals surface area contributed by atoms with Gasteiger partial charge in [0.05, 0.1) is 0 Å². The summed E-state index contributed by atoms with van der Waals surface area (Å²) in [4.78, 5) is 0. The van der Waals surface area contributed by atoms with Gasteiger partial charge in [0.1, 0.15) is 0 Å². The molecule has 110 valence electrons. The molecule has 0 fully saturated rings. The minimum atomic E-state index is 1.26. The Labute approximate surface area is 137 Å². The van der Waals surface area contributed by atoms with Crippen LogP contribution in [0.3, 0.4) is 0 Å². The third-order valence-electron chi connectivity index (χ3n) is 4.40. The molecule has 0 aliphatic heterocycles. The highest BCUT2D eigenvalue weighted by Crippen LogP contribution is 2.39. The van der Waals surface area contributed by atoms with E-state index in [9.17, 15) is 0 Å². The second-order valence-corrected chi connectivity index (χ2v) is 5.89. The van der Waals surface area contributed by atoms with Crippen LogP contribution in [0.5, 0.6) is 0 Å². The lowest BCUT2D eigenvalue weighted by Crippen LogP contribution is -1.90. The summed E-state index contributed by atoms with van der Waals surface area (Å²) < 4.78 is 0. The molecule has 0 spiro atoms. The van der Waals surface area contributed by atoms with Crippen molar-refractivity contribution in [3.05, 3.63) is 96.6 Å². The van der Waals surface area contributed by atoms with Crippen molar-refractivity contribution in [3.8, 4) is 22.3 Å². The minimum absolute atomic E-state index is 1.26. The summed E-state index contributed by atoms with van der Waals surface area (Å²) in [5.74, 6) is 0. The molecule has 0 saturated carbocycles. The first kappa shape index (κ1) is 13.8. The van der Waals surface area contributed by atoms with E-state index in [0.29, 0.717) is 0 Å². The van der Waals surface area contributed by atoms with E-state index in [1.807, 2.05) is 0 Å². The topological polar surface area (TPSA) is 0 Å². The molecule has 0 aliphatic rings. The number of rotatable bonds is 2. The molecule has 4 rings (SSSR count). The van der Waals surface area contributed by atoms with Crippen LogP contribution in [0.25, 0.3) is 33.0 Å². The maximum Gasteiger partial charge on any atom is -0.00266 e. The molecule has 0 aromatic heterocycles. The van der Waals surface area contributed by atoms with Gasteiger partial charge in [-0.15, -0.1) is 0 Å². The van der Waals surface area contributed by atoms with E-state index in [-0.39, 0.29) is 0 Å². The lowest BCUT2D eigenvalue weighted by atomic mass is 9.88. The molecule has 4 aromatic rings. The predicted molar refractivity (Wildman–Crippen MR) is 99.6 cm³/mol. The van der Waals surface area contributed by atoms with Crippen LogP contribution in [-0.2, 0) is 0 Å². The zero-order valence-electron chi connectivity index (χ0n) is 13.2. The molecule has 4 aromatic carbocycles. The lowest BCUT2D eigenvalue weighted by Gasteiger charge is -2.16. The van der Waals surface area contributed by atoms with Gasteiger partial charge < -0.3 is 0 Å². The van der Waals surface area contributed by atoms with Gasteiger partial charge in [-0.2, -0.15) is 0 Å². The normalized spacial score (nSPS) is 10.8. The summed E-state index contributed by atoms with van der Waals surface area (Å²) in [5, 5.41) is 2.64. The second kappa shape index (κ2) is 5.73. The third kappa shape index (κ3) is 2.43. The lowest BCUT2D eigenvalue weighted by molar-refractivity contribution is 1.51. The van der Waals surface area contributed by atoms with Crippen molar-refractivity contribution in [3.63, 3.8) is 0 Å². The van der Waals surface area contributed by atoms with Crippen molar-refractivity contribution in [1.82, 2.24) is 0 Å². The van der Waals surface area contributed by atoms with Crippen molar-refractivity contribution in [1.29, 1.82) is 0 Å².